The van der Waals surface area contributed by atoms with Crippen molar-refractivity contribution in [2.45, 2.75) is 44.9 Å². The molecule has 3 rings (SSSR count). The van der Waals surface area contributed by atoms with Crippen molar-refractivity contribution < 1.29 is 5.21 Å². The fraction of sp³-hybridized carbons (Fsp3) is 0.625. The second-order valence-corrected chi connectivity index (χ2v) is 6.43. The number of rotatable bonds is 2. The van der Waals surface area contributed by atoms with Gasteiger partial charge in [-0.1, -0.05) is 24.4 Å². The molecule has 1 saturated heterocycles. The lowest BCUT2D eigenvalue weighted by molar-refractivity contribution is 0.144. The number of nitrogens with zero attached hydrogens (tertiary/aromatic N) is 3. The summed E-state index contributed by atoms with van der Waals surface area (Å²) in [6.07, 6.45) is 11.5. The average Bonchev–Trinajstić information content (AvgIpc) is 2.56. The number of pyridine rings is 1. The van der Waals surface area contributed by atoms with E-state index < -0.39 is 0 Å². The SMILES string of the molecule is N/C(=N/O)c1ccc(N2CCC3(CCCCC3)CC2)cn1. The zero-order valence-corrected chi connectivity index (χ0v) is 12.5. The summed E-state index contributed by atoms with van der Waals surface area (Å²) in [7, 11) is 0. The van der Waals surface area contributed by atoms with Crippen LogP contribution in [0.4, 0.5) is 5.69 Å². The quantitative estimate of drug-likeness (QED) is 0.380. The van der Waals surface area contributed by atoms with Crippen LogP contribution in [0.2, 0.25) is 0 Å². The van der Waals surface area contributed by atoms with Crippen molar-refractivity contribution in [2.75, 3.05) is 18.0 Å². The van der Waals surface area contributed by atoms with Gasteiger partial charge in [0.1, 0.15) is 5.69 Å². The van der Waals surface area contributed by atoms with Gasteiger partial charge in [-0.05, 0) is 43.2 Å². The zero-order chi connectivity index (χ0) is 14.7. The van der Waals surface area contributed by atoms with Crippen molar-refractivity contribution in [1.82, 2.24) is 4.98 Å². The summed E-state index contributed by atoms with van der Waals surface area (Å²) in [6, 6.07) is 3.83. The Morgan fingerprint density at radius 2 is 1.86 bits per heavy atom. The van der Waals surface area contributed by atoms with Crippen LogP contribution in [-0.2, 0) is 0 Å². The Hall–Kier alpha value is -1.78. The second-order valence-electron chi connectivity index (χ2n) is 6.43. The largest absolute Gasteiger partial charge is 0.409 e. The number of anilines is 1. The van der Waals surface area contributed by atoms with E-state index in [4.69, 9.17) is 10.9 Å². The third-order valence-corrected chi connectivity index (χ3v) is 5.22. The van der Waals surface area contributed by atoms with Crippen molar-refractivity contribution in [3.8, 4) is 0 Å². The molecule has 21 heavy (non-hydrogen) atoms. The number of oxime groups is 1. The minimum Gasteiger partial charge on any atom is -0.409 e. The summed E-state index contributed by atoms with van der Waals surface area (Å²) in [6.45, 7) is 2.23. The van der Waals surface area contributed by atoms with E-state index in [1.54, 1.807) is 0 Å². The van der Waals surface area contributed by atoms with Gasteiger partial charge in [-0.15, -0.1) is 0 Å². The summed E-state index contributed by atoms with van der Waals surface area (Å²) >= 11 is 0. The maximum atomic E-state index is 8.66. The molecule has 0 atom stereocenters. The maximum absolute atomic E-state index is 8.66. The average molecular weight is 288 g/mol. The monoisotopic (exact) mass is 288 g/mol. The van der Waals surface area contributed by atoms with Gasteiger partial charge >= 0.3 is 0 Å². The number of piperidine rings is 1. The number of nitrogens with two attached hydrogens (primary N) is 1. The predicted octanol–water partition coefficient (Wildman–Crippen LogP) is 2.73. The van der Waals surface area contributed by atoms with Gasteiger partial charge in [0, 0.05) is 13.1 Å². The van der Waals surface area contributed by atoms with Crippen LogP contribution in [0.5, 0.6) is 0 Å². The highest BCUT2D eigenvalue weighted by Gasteiger charge is 2.35. The summed E-state index contributed by atoms with van der Waals surface area (Å²) in [5.41, 5.74) is 7.81. The van der Waals surface area contributed by atoms with E-state index in [1.165, 1.54) is 44.9 Å². The van der Waals surface area contributed by atoms with Crippen LogP contribution in [0.1, 0.15) is 50.6 Å². The van der Waals surface area contributed by atoms with Gasteiger partial charge in [-0.3, -0.25) is 4.98 Å². The summed E-state index contributed by atoms with van der Waals surface area (Å²) in [4.78, 5) is 6.68. The summed E-state index contributed by atoms with van der Waals surface area (Å²) in [5, 5.41) is 11.6. The van der Waals surface area contributed by atoms with Crippen molar-refractivity contribution in [3.63, 3.8) is 0 Å². The zero-order valence-electron chi connectivity index (χ0n) is 12.5. The Balaban J connectivity index is 1.64. The minimum atomic E-state index is 0.0568. The molecular formula is C16H24N4O. The second kappa shape index (κ2) is 5.92. The van der Waals surface area contributed by atoms with Gasteiger partial charge in [-0.2, -0.15) is 0 Å². The number of amidine groups is 1. The third kappa shape index (κ3) is 2.96. The van der Waals surface area contributed by atoms with Crippen molar-refractivity contribution in [3.05, 3.63) is 24.0 Å². The first-order valence-corrected chi connectivity index (χ1v) is 7.91. The van der Waals surface area contributed by atoms with E-state index in [9.17, 15) is 0 Å². The Bertz CT molecular complexity index is 496. The lowest BCUT2D eigenvalue weighted by atomic mass is 9.68. The Morgan fingerprint density at radius 3 is 2.43 bits per heavy atom. The number of hydrogen-bond donors (Lipinski definition) is 2. The van der Waals surface area contributed by atoms with E-state index in [2.05, 4.69) is 15.0 Å². The molecule has 1 aromatic heterocycles. The lowest BCUT2D eigenvalue weighted by Gasteiger charge is -2.45. The van der Waals surface area contributed by atoms with Crippen molar-refractivity contribution in [1.29, 1.82) is 0 Å². The van der Waals surface area contributed by atoms with Crippen LogP contribution >= 0.6 is 0 Å². The molecule has 0 unspecified atom stereocenters. The normalized spacial score (nSPS) is 22.5. The van der Waals surface area contributed by atoms with Crippen LogP contribution in [-0.4, -0.2) is 29.1 Å². The van der Waals surface area contributed by atoms with Crippen LogP contribution in [0.25, 0.3) is 0 Å². The first-order valence-electron chi connectivity index (χ1n) is 7.91. The van der Waals surface area contributed by atoms with E-state index >= 15 is 0 Å². The fourth-order valence-electron chi connectivity index (χ4n) is 3.82. The molecule has 1 aliphatic heterocycles. The van der Waals surface area contributed by atoms with Gasteiger partial charge in [0.15, 0.2) is 5.84 Å². The lowest BCUT2D eigenvalue weighted by Crippen LogP contribution is -2.41. The molecule has 3 N–H and O–H groups in total. The fourth-order valence-corrected chi connectivity index (χ4v) is 3.82. The molecule has 1 aliphatic carbocycles. The molecule has 0 radical (unpaired) electrons. The predicted molar refractivity (Wildman–Crippen MR) is 83.7 cm³/mol. The topological polar surface area (TPSA) is 74.7 Å². The molecule has 0 amide bonds. The summed E-state index contributed by atoms with van der Waals surface area (Å²) in [5.74, 6) is 0.0568. The van der Waals surface area contributed by atoms with Gasteiger partial charge in [0.25, 0.3) is 0 Å². The maximum Gasteiger partial charge on any atom is 0.188 e. The highest BCUT2D eigenvalue weighted by Crippen LogP contribution is 2.45. The van der Waals surface area contributed by atoms with E-state index in [0.29, 0.717) is 11.1 Å². The van der Waals surface area contributed by atoms with Gasteiger partial charge < -0.3 is 15.8 Å². The first kappa shape index (κ1) is 14.2. The highest BCUT2D eigenvalue weighted by molar-refractivity contribution is 5.95. The number of aromatic nitrogens is 1. The van der Waals surface area contributed by atoms with Crippen molar-refractivity contribution in [2.24, 2.45) is 16.3 Å². The van der Waals surface area contributed by atoms with E-state index in [0.717, 1.165) is 18.8 Å². The van der Waals surface area contributed by atoms with Gasteiger partial charge in [0.2, 0.25) is 0 Å². The van der Waals surface area contributed by atoms with E-state index in [1.807, 2.05) is 18.3 Å². The van der Waals surface area contributed by atoms with Crippen LogP contribution in [0, 0.1) is 5.41 Å². The number of hydrogen-bond acceptors (Lipinski definition) is 4. The molecule has 0 aromatic carbocycles. The molecule has 1 aromatic rings. The van der Waals surface area contributed by atoms with E-state index in [-0.39, 0.29) is 5.84 Å². The molecule has 2 fully saturated rings. The molecular weight excluding hydrogens is 264 g/mol. The molecule has 2 aliphatic rings. The minimum absolute atomic E-state index is 0.0568. The molecule has 5 nitrogen and oxygen atoms in total. The molecule has 114 valence electrons. The van der Waals surface area contributed by atoms with Crippen LogP contribution in [0.15, 0.2) is 23.5 Å². The van der Waals surface area contributed by atoms with Crippen LogP contribution < -0.4 is 10.6 Å². The molecule has 5 heteroatoms. The molecule has 1 saturated carbocycles. The van der Waals surface area contributed by atoms with Gasteiger partial charge in [-0.25, -0.2) is 0 Å². The Labute approximate surface area is 125 Å². The first-order chi connectivity index (χ1) is 10.2. The smallest absolute Gasteiger partial charge is 0.188 e. The van der Waals surface area contributed by atoms with Crippen molar-refractivity contribution >= 4 is 11.5 Å². The van der Waals surface area contributed by atoms with Gasteiger partial charge in [0.05, 0.1) is 11.9 Å². The standard InChI is InChI=1S/C16H24N4O/c17-15(19-21)14-5-4-13(12-18-14)20-10-8-16(9-11-20)6-2-1-3-7-16/h4-5,12,21H,1-3,6-11H2,(H2,17,19). The molecule has 1 spiro atoms. The molecule has 0 bridgehead atoms. The highest BCUT2D eigenvalue weighted by atomic mass is 16.4. The summed E-state index contributed by atoms with van der Waals surface area (Å²) < 4.78 is 0. The molecule has 2 heterocycles. The Morgan fingerprint density at radius 1 is 1.14 bits per heavy atom. The third-order valence-electron chi connectivity index (χ3n) is 5.22. The Kier molecular flexibility index (Phi) is 3.99. The van der Waals surface area contributed by atoms with Crippen LogP contribution in [0.3, 0.4) is 0 Å².